The molecule has 1 aliphatic carbocycles. The van der Waals surface area contributed by atoms with Crippen LogP contribution in [0.1, 0.15) is 47.7 Å². The fraction of sp³-hybridized carbons (Fsp3) is 0.400. The van der Waals surface area contributed by atoms with Crippen LogP contribution in [-0.4, -0.2) is 34.5 Å². The van der Waals surface area contributed by atoms with Crippen molar-refractivity contribution in [2.24, 2.45) is 0 Å². The molecule has 0 bridgehead atoms. The molecule has 1 aromatic heterocycles. The van der Waals surface area contributed by atoms with Gasteiger partial charge in [0.05, 0.1) is 18.6 Å². The number of hydrogen-bond acceptors (Lipinski definition) is 4. The zero-order valence-electron chi connectivity index (χ0n) is 15.2. The van der Waals surface area contributed by atoms with Crippen molar-refractivity contribution >= 4 is 11.8 Å². The minimum atomic E-state index is -0.303. The summed E-state index contributed by atoms with van der Waals surface area (Å²) < 4.78 is 1.49. The zero-order valence-corrected chi connectivity index (χ0v) is 15.2. The molecule has 2 aromatic rings. The summed E-state index contributed by atoms with van der Waals surface area (Å²) in [6, 6.07) is 10.3. The van der Waals surface area contributed by atoms with Gasteiger partial charge < -0.3 is 10.6 Å². The van der Waals surface area contributed by atoms with Crippen LogP contribution in [0.4, 0.5) is 0 Å². The van der Waals surface area contributed by atoms with Gasteiger partial charge in [0.2, 0.25) is 5.91 Å². The van der Waals surface area contributed by atoms with Crippen LogP contribution in [0.5, 0.6) is 0 Å². The van der Waals surface area contributed by atoms with Crippen LogP contribution in [0.3, 0.4) is 0 Å². The fourth-order valence-corrected chi connectivity index (χ4v) is 3.28. The molecule has 1 aromatic carbocycles. The first kappa shape index (κ1) is 18.8. The summed E-state index contributed by atoms with van der Waals surface area (Å²) in [7, 11) is 0. The van der Waals surface area contributed by atoms with Crippen molar-refractivity contribution in [3.05, 3.63) is 64.3 Å². The number of carbonyl (C=O) groups excluding carboxylic acids is 2. The minimum Gasteiger partial charge on any atom is -0.353 e. The van der Waals surface area contributed by atoms with Crippen molar-refractivity contribution in [2.75, 3.05) is 13.1 Å². The summed E-state index contributed by atoms with van der Waals surface area (Å²) in [5, 5.41) is 5.26. The lowest BCUT2D eigenvalue weighted by molar-refractivity contribution is -0.120. The molecule has 1 heterocycles. The second kappa shape index (κ2) is 9.12. The third-order valence-electron chi connectivity index (χ3n) is 4.79. The van der Waals surface area contributed by atoms with E-state index in [9.17, 15) is 14.4 Å². The number of rotatable bonds is 7. The van der Waals surface area contributed by atoms with E-state index in [1.165, 1.54) is 17.4 Å². The lowest BCUT2D eigenvalue weighted by Crippen LogP contribution is -2.38. The van der Waals surface area contributed by atoms with E-state index in [1.807, 2.05) is 6.07 Å². The maximum absolute atomic E-state index is 12.2. The van der Waals surface area contributed by atoms with Crippen LogP contribution in [-0.2, 0) is 11.3 Å². The highest BCUT2D eigenvalue weighted by Crippen LogP contribution is 2.32. The molecular formula is C20H24N4O3. The standard InChI is InChI=1S/C20H24N4O3/c25-18(13-22-20(27)16-8-2-1-3-9-16)21-10-11-24-14-23-17(12-19(24)26)15-6-4-5-7-15/h1-3,8-9,12,14-15H,4-7,10-11,13H2,(H,21,25)(H,22,27). The molecule has 0 saturated heterocycles. The molecule has 142 valence electrons. The second-order valence-corrected chi connectivity index (χ2v) is 6.73. The molecule has 0 unspecified atom stereocenters. The van der Waals surface area contributed by atoms with Gasteiger partial charge in [-0.1, -0.05) is 31.0 Å². The average molecular weight is 368 g/mol. The number of aromatic nitrogens is 2. The van der Waals surface area contributed by atoms with Gasteiger partial charge in [-0.3, -0.25) is 19.0 Å². The molecule has 7 nitrogen and oxygen atoms in total. The van der Waals surface area contributed by atoms with Crippen LogP contribution < -0.4 is 16.2 Å². The third-order valence-corrected chi connectivity index (χ3v) is 4.79. The normalized spacial score (nSPS) is 14.1. The highest BCUT2D eigenvalue weighted by atomic mass is 16.2. The Labute approximate surface area is 157 Å². The van der Waals surface area contributed by atoms with E-state index in [0.717, 1.165) is 18.5 Å². The topological polar surface area (TPSA) is 93.1 Å². The lowest BCUT2D eigenvalue weighted by atomic mass is 10.0. The molecule has 0 aliphatic heterocycles. The van der Waals surface area contributed by atoms with Gasteiger partial charge in [0.25, 0.3) is 11.5 Å². The van der Waals surface area contributed by atoms with Gasteiger partial charge in [0.1, 0.15) is 0 Å². The molecule has 3 rings (SSSR count). The van der Waals surface area contributed by atoms with Crippen molar-refractivity contribution in [2.45, 2.75) is 38.1 Å². The second-order valence-electron chi connectivity index (χ2n) is 6.73. The number of nitrogens with one attached hydrogen (secondary N) is 2. The van der Waals surface area contributed by atoms with Gasteiger partial charge in [0, 0.05) is 30.6 Å². The van der Waals surface area contributed by atoms with Crippen molar-refractivity contribution in [3.63, 3.8) is 0 Å². The largest absolute Gasteiger partial charge is 0.353 e. The Kier molecular flexibility index (Phi) is 6.35. The SMILES string of the molecule is O=C(CNC(=O)c1ccccc1)NCCn1cnc(C2CCCC2)cc1=O. The molecule has 0 radical (unpaired) electrons. The average Bonchev–Trinajstić information content (AvgIpc) is 3.23. The van der Waals surface area contributed by atoms with Gasteiger partial charge in [-0.25, -0.2) is 4.98 Å². The van der Waals surface area contributed by atoms with Crippen LogP contribution in [0, 0.1) is 0 Å². The highest BCUT2D eigenvalue weighted by Gasteiger charge is 2.18. The molecular weight excluding hydrogens is 344 g/mol. The Hall–Kier alpha value is -2.96. The molecule has 1 saturated carbocycles. The summed E-state index contributed by atoms with van der Waals surface area (Å²) >= 11 is 0. The Morgan fingerprint density at radius 2 is 1.85 bits per heavy atom. The summed E-state index contributed by atoms with van der Waals surface area (Å²) in [5.74, 6) is -0.197. The van der Waals surface area contributed by atoms with Crippen LogP contribution in [0.25, 0.3) is 0 Å². The van der Waals surface area contributed by atoms with E-state index in [4.69, 9.17) is 0 Å². The van der Waals surface area contributed by atoms with Crippen molar-refractivity contribution < 1.29 is 9.59 Å². The first-order chi connectivity index (χ1) is 13.1. The zero-order chi connectivity index (χ0) is 19.1. The van der Waals surface area contributed by atoms with Gasteiger partial charge in [0.15, 0.2) is 0 Å². The maximum Gasteiger partial charge on any atom is 0.253 e. The lowest BCUT2D eigenvalue weighted by Gasteiger charge is -2.11. The number of hydrogen-bond donors (Lipinski definition) is 2. The molecule has 7 heteroatoms. The Balaban J connectivity index is 1.42. The van der Waals surface area contributed by atoms with Crippen LogP contribution in [0.15, 0.2) is 47.5 Å². The molecule has 0 spiro atoms. The van der Waals surface area contributed by atoms with E-state index >= 15 is 0 Å². The molecule has 1 aliphatic rings. The smallest absolute Gasteiger partial charge is 0.253 e. The first-order valence-electron chi connectivity index (χ1n) is 9.30. The molecule has 2 N–H and O–H groups in total. The fourth-order valence-electron chi connectivity index (χ4n) is 3.28. The van der Waals surface area contributed by atoms with Gasteiger partial charge in [-0.05, 0) is 25.0 Å². The molecule has 1 fully saturated rings. The monoisotopic (exact) mass is 368 g/mol. The number of benzene rings is 1. The number of amides is 2. The summed E-state index contributed by atoms with van der Waals surface area (Å²) in [6.07, 6.45) is 6.15. The predicted molar refractivity (Wildman–Crippen MR) is 101 cm³/mol. The Bertz CT molecular complexity index is 842. The number of nitrogens with zero attached hydrogens (tertiary/aromatic N) is 2. The minimum absolute atomic E-state index is 0.0986. The van der Waals surface area contributed by atoms with Gasteiger partial charge in [-0.15, -0.1) is 0 Å². The van der Waals surface area contributed by atoms with Crippen LogP contribution in [0.2, 0.25) is 0 Å². The molecule has 2 amide bonds. The number of carbonyl (C=O) groups is 2. The van der Waals surface area contributed by atoms with Crippen molar-refractivity contribution in [1.82, 2.24) is 20.2 Å². The Morgan fingerprint density at radius 1 is 1.11 bits per heavy atom. The Morgan fingerprint density at radius 3 is 2.56 bits per heavy atom. The van der Waals surface area contributed by atoms with Crippen molar-refractivity contribution in [1.29, 1.82) is 0 Å². The predicted octanol–water partition coefficient (Wildman–Crippen LogP) is 1.45. The quantitative estimate of drug-likeness (QED) is 0.773. The van der Waals surface area contributed by atoms with E-state index < -0.39 is 0 Å². The first-order valence-corrected chi connectivity index (χ1v) is 9.30. The van der Waals surface area contributed by atoms with E-state index in [2.05, 4.69) is 15.6 Å². The molecule has 27 heavy (non-hydrogen) atoms. The highest BCUT2D eigenvalue weighted by molar-refractivity contribution is 5.96. The van der Waals surface area contributed by atoms with Crippen molar-refractivity contribution in [3.8, 4) is 0 Å². The summed E-state index contributed by atoms with van der Waals surface area (Å²) in [4.78, 5) is 40.3. The summed E-state index contributed by atoms with van der Waals surface area (Å²) in [5.41, 5.74) is 1.28. The summed E-state index contributed by atoms with van der Waals surface area (Å²) in [6.45, 7) is 0.529. The van der Waals surface area contributed by atoms with Gasteiger partial charge >= 0.3 is 0 Å². The van der Waals surface area contributed by atoms with Crippen LogP contribution >= 0.6 is 0 Å². The third kappa shape index (κ3) is 5.26. The van der Waals surface area contributed by atoms with E-state index in [1.54, 1.807) is 36.7 Å². The van der Waals surface area contributed by atoms with E-state index in [0.29, 0.717) is 24.6 Å². The molecule has 0 atom stereocenters. The maximum atomic E-state index is 12.2. The van der Waals surface area contributed by atoms with E-state index in [-0.39, 0.29) is 23.9 Å². The van der Waals surface area contributed by atoms with Gasteiger partial charge in [-0.2, -0.15) is 0 Å².